The number of nitrogens with zero attached hydrogens (tertiary/aromatic N) is 2. The van der Waals surface area contributed by atoms with Gasteiger partial charge in [-0.2, -0.15) is 5.10 Å². The monoisotopic (exact) mass is 498 g/mol. The maximum absolute atomic E-state index is 13.5. The molecule has 0 saturated heterocycles. The van der Waals surface area contributed by atoms with Crippen molar-refractivity contribution in [1.82, 2.24) is 10.7 Å². The van der Waals surface area contributed by atoms with Gasteiger partial charge < -0.3 is 10.2 Å². The van der Waals surface area contributed by atoms with Crippen LogP contribution in [0.2, 0.25) is 10.0 Å². The number of amides is 2. The van der Waals surface area contributed by atoms with Crippen molar-refractivity contribution in [3.8, 4) is 0 Å². The van der Waals surface area contributed by atoms with E-state index in [-0.39, 0.29) is 11.3 Å². The number of hydrazone groups is 1. The molecule has 174 valence electrons. The molecule has 0 aliphatic carbocycles. The SMILES string of the molecule is CN(C)c1ccc(/C=C(\NC(=O)c2cccc(F)c2)C(=O)N/N=C\c2ccc(Cl)cc2Cl)cc1. The first kappa shape index (κ1) is 25.0. The number of nitrogens with one attached hydrogen (secondary N) is 2. The van der Waals surface area contributed by atoms with Gasteiger partial charge in [0.15, 0.2) is 0 Å². The predicted octanol–water partition coefficient (Wildman–Crippen LogP) is 5.12. The fourth-order valence-corrected chi connectivity index (χ4v) is 3.30. The zero-order valence-electron chi connectivity index (χ0n) is 18.4. The van der Waals surface area contributed by atoms with E-state index in [2.05, 4.69) is 15.8 Å². The van der Waals surface area contributed by atoms with Crippen LogP contribution in [0, 0.1) is 5.82 Å². The van der Waals surface area contributed by atoms with E-state index in [0.717, 1.165) is 11.8 Å². The third-order valence-electron chi connectivity index (χ3n) is 4.63. The fraction of sp³-hybridized carbons (Fsp3) is 0.0800. The van der Waals surface area contributed by atoms with Gasteiger partial charge in [0, 0.05) is 35.9 Å². The van der Waals surface area contributed by atoms with E-state index in [1.807, 2.05) is 31.1 Å². The third-order valence-corrected chi connectivity index (χ3v) is 5.19. The Kier molecular flexibility index (Phi) is 8.40. The molecule has 3 aromatic carbocycles. The Balaban J connectivity index is 1.84. The smallest absolute Gasteiger partial charge is 0.287 e. The maximum atomic E-state index is 13.5. The van der Waals surface area contributed by atoms with Crippen LogP contribution in [0.3, 0.4) is 0 Å². The minimum atomic E-state index is -0.678. The zero-order valence-corrected chi connectivity index (χ0v) is 19.9. The average Bonchev–Trinajstić information content (AvgIpc) is 2.80. The third kappa shape index (κ3) is 6.91. The standard InChI is InChI=1S/C25H21Cl2FN4O2/c1-32(2)21-10-6-16(7-11-21)12-23(30-24(33)17-4-3-5-20(28)13-17)25(34)31-29-15-18-8-9-19(26)14-22(18)27/h3-15H,1-2H3,(H,30,33)(H,31,34)/b23-12-,29-15-. The van der Waals surface area contributed by atoms with E-state index in [9.17, 15) is 14.0 Å². The molecule has 0 unspecified atom stereocenters. The molecule has 2 amide bonds. The molecule has 0 bridgehead atoms. The van der Waals surface area contributed by atoms with E-state index >= 15 is 0 Å². The molecular weight excluding hydrogens is 478 g/mol. The average molecular weight is 499 g/mol. The first-order chi connectivity index (χ1) is 16.2. The Labute approximate surface area is 206 Å². The number of halogens is 3. The van der Waals surface area contributed by atoms with E-state index in [1.165, 1.54) is 30.5 Å². The number of carbonyl (C=O) groups is 2. The van der Waals surface area contributed by atoms with Crippen LogP contribution in [0.1, 0.15) is 21.5 Å². The van der Waals surface area contributed by atoms with E-state index in [4.69, 9.17) is 23.2 Å². The molecule has 3 rings (SSSR count). The van der Waals surface area contributed by atoms with Gasteiger partial charge >= 0.3 is 0 Å². The molecule has 0 spiro atoms. The summed E-state index contributed by atoms with van der Waals surface area (Å²) in [7, 11) is 3.82. The van der Waals surface area contributed by atoms with Crippen LogP contribution < -0.4 is 15.6 Å². The van der Waals surface area contributed by atoms with Gasteiger partial charge in [0.25, 0.3) is 11.8 Å². The second kappa shape index (κ2) is 11.4. The molecule has 0 atom stereocenters. The minimum absolute atomic E-state index is 0.0677. The molecule has 0 heterocycles. The molecule has 0 aliphatic rings. The number of anilines is 1. The second-order valence-electron chi connectivity index (χ2n) is 7.37. The highest BCUT2D eigenvalue weighted by Crippen LogP contribution is 2.19. The number of rotatable bonds is 7. The Morgan fingerprint density at radius 3 is 2.38 bits per heavy atom. The van der Waals surface area contributed by atoms with Crippen molar-refractivity contribution in [1.29, 1.82) is 0 Å². The topological polar surface area (TPSA) is 73.8 Å². The molecule has 9 heteroatoms. The van der Waals surface area contributed by atoms with Crippen molar-refractivity contribution in [2.75, 3.05) is 19.0 Å². The van der Waals surface area contributed by atoms with E-state index in [0.29, 0.717) is 21.2 Å². The summed E-state index contributed by atoms with van der Waals surface area (Å²) in [5.74, 6) is -1.88. The van der Waals surface area contributed by atoms with E-state index < -0.39 is 17.6 Å². The molecule has 3 aromatic rings. The molecule has 0 aromatic heterocycles. The quantitative estimate of drug-likeness (QED) is 0.269. The van der Waals surface area contributed by atoms with Crippen molar-refractivity contribution in [3.63, 3.8) is 0 Å². The van der Waals surface area contributed by atoms with Crippen LogP contribution in [0.5, 0.6) is 0 Å². The summed E-state index contributed by atoms with van der Waals surface area (Å²) in [5.41, 5.74) is 4.53. The van der Waals surface area contributed by atoms with Gasteiger partial charge in [0.05, 0.1) is 11.2 Å². The van der Waals surface area contributed by atoms with Gasteiger partial charge in [-0.1, -0.05) is 47.5 Å². The number of benzene rings is 3. The minimum Gasteiger partial charge on any atom is -0.378 e. The molecule has 0 saturated carbocycles. The molecule has 0 radical (unpaired) electrons. The number of hydrogen-bond donors (Lipinski definition) is 2. The molecule has 34 heavy (non-hydrogen) atoms. The van der Waals surface area contributed by atoms with Gasteiger partial charge in [-0.25, -0.2) is 9.82 Å². The highest BCUT2D eigenvalue weighted by molar-refractivity contribution is 6.36. The Bertz CT molecular complexity index is 1260. The van der Waals surface area contributed by atoms with Crippen molar-refractivity contribution < 1.29 is 14.0 Å². The number of carbonyl (C=O) groups excluding carboxylic acids is 2. The first-order valence-corrected chi connectivity index (χ1v) is 10.8. The lowest BCUT2D eigenvalue weighted by Gasteiger charge is -2.12. The molecular formula is C25H21Cl2FN4O2. The first-order valence-electron chi connectivity index (χ1n) is 10.1. The van der Waals surface area contributed by atoms with Crippen molar-refractivity contribution in [3.05, 3.63) is 105 Å². The lowest BCUT2D eigenvalue weighted by Crippen LogP contribution is -2.32. The molecule has 0 aliphatic heterocycles. The summed E-state index contributed by atoms with van der Waals surface area (Å²) in [6.45, 7) is 0. The van der Waals surface area contributed by atoms with Gasteiger partial charge in [-0.15, -0.1) is 0 Å². The van der Waals surface area contributed by atoms with E-state index in [1.54, 1.807) is 30.3 Å². The zero-order chi connectivity index (χ0) is 24.7. The summed E-state index contributed by atoms with van der Waals surface area (Å²) in [6.07, 6.45) is 2.85. The van der Waals surface area contributed by atoms with Gasteiger partial charge in [0.2, 0.25) is 0 Å². The fourth-order valence-electron chi connectivity index (χ4n) is 2.84. The maximum Gasteiger partial charge on any atom is 0.287 e. The molecule has 0 fully saturated rings. The van der Waals surface area contributed by atoms with Crippen LogP contribution in [-0.2, 0) is 4.79 Å². The van der Waals surface area contributed by atoms with Crippen molar-refractivity contribution in [2.24, 2.45) is 5.10 Å². The van der Waals surface area contributed by atoms with Crippen molar-refractivity contribution >= 4 is 53.0 Å². The van der Waals surface area contributed by atoms with Gasteiger partial charge in [-0.05, 0) is 54.1 Å². The van der Waals surface area contributed by atoms with Crippen LogP contribution in [0.4, 0.5) is 10.1 Å². The molecule has 2 N–H and O–H groups in total. The Hall–Kier alpha value is -3.68. The van der Waals surface area contributed by atoms with Crippen LogP contribution in [0.25, 0.3) is 6.08 Å². The lowest BCUT2D eigenvalue weighted by molar-refractivity contribution is -0.117. The Morgan fingerprint density at radius 2 is 1.74 bits per heavy atom. The number of hydrogen-bond acceptors (Lipinski definition) is 4. The summed E-state index contributed by atoms with van der Waals surface area (Å²) < 4.78 is 13.5. The normalized spacial score (nSPS) is 11.4. The summed E-state index contributed by atoms with van der Waals surface area (Å²) in [5, 5.41) is 7.28. The van der Waals surface area contributed by atoms with Gasteiger partial charge in [-0.3, -0.25) is 9.59 Å². The van der Waals surface area contributed by atoms with Crippen LogP contribution in [0.15, 0.2) is 77.5 Å². The van der Waals surface area contributed by atoms with Crippen molar-refractivity contribution in [2.45, 2.75) is 0 Å². The van der Waals surface area contributed by atoms with Crippen LogP contribution in [-0.4, -0.2) is 32.1 Å². The van der Waals surface area contributed by atoms with Gasteiger partial charge in [0.1, 0.15) is 11.5 Å². The molecule has 6 nitrogen and oxygen atoms in total. The highest BCUT2D eigenvalue weighted by atomic mass is 35.5. The Morgan fingerprint density at radius 1 is 1.00 bits per heavy atom. The summed E-state index contributed by atoms with van der Waals surface area (Å²) in [4.78, 5) is 27.4. The summed E-state index contributed by atoms with van der Waals surface area (Å²) in [6, 6.07) is 17.3. The predicted molar refractivity (Wildman–Crippen MR) is 135 cm³/mol. The largest absolute Gasteiger partial charge is 0.378 e. The highest BCUT2D eigenvalue weighted by Gasteiger charge is 2.15. The summed E-state index contributed by atoms with van der Waals surface area (Å²) >= 11 is 12.0. The lowest BCUT2D eigenvalue weighted by atomic mass is 10.1. The second-order valence-corrected chi connectivity index (χ2v) is 8.22. The van der Waals surface area contributed by atoms with Crippen LogP contribution >= 0.6 is 23.2 Å².